The van der Waals surface area contributed by atoms with Crippen LogP contribution in [0.5, 0.6) is 0 Å². The molecule has 0 aliphatic rings. The van der Waals surface area contributed by atoms with Crippen LogP contribution >= 0.6 is 0 Å². The fourth-order valence-corrected chi connectivity index (χ4v) is 1.64. The van der Waals surface area contributed by atoms with E-state index in [1.807, 2.05) is 0 Å². The number of primary amides is 1. The summed E-state index contributed by atoms with van der Waals surface area (Å²) in [5.74, 6) is -2.59. The molecule has 1 rings (SSSR count). The largest absolute Gasteiger partial charge is 0.480 e. The summed E-state index contributed by atoms with van der Waals surface area (Å²) in [7, 11) is 1.69. The van der Waals surface area contributed by atoms with Crippen molar-refractivity contribution in [2.24, 2.45) is 12.8 Å². The number of aromatic nitrogens is 2. The molecule has 0 aromatic carbocycles. The molecule has 0 spiro atoms. The molecule has 0 unspecified atom stereocenters. The van der Waals surface area contributed by atoms with Crippen LogP contribution in [0.1, 0.15) is 17.8 Å². The van der Waals surface area contributed by atoms with Crippen molar-refractivity contribution in [3.63, 3.8) is 0 Å². The first-order valence-electron chi connectivity index (χ1n) is 5.59. The van der Waals surface area contributed by atoms with Gasteiger partial charge in [0.05, 0.1) is 18.5 Å². The van der Waals surface area contributed by atoms with Gasteiger partial charge in [0.15, 0.2) is 0 Å². The van der Waals surface area contributed by atoms with E-state index in [1.165, 1.54) is 0 Å². The monoisotopic (exact) mass is 268 g/mol. The van der Waals surface area contributed by atoms with Crippen LogP contribution in [0.3, 0.4) is 0 Å². The van der Waals surface area contributed by atoms with E-state index in [-0.39, 0.29) is 6.42 Å². The molecule has 0 saturated heterocycles. The van der Waals surface area contributed by atoms with Crippen LogP contribution in [0.15, 0.2) is 6.07 Å². The maximum absolute atomic E-state index is 11.7. The first-order chi connectivity index (χ1) is 8.79. The molecule has 8 nitrogen and oxygen atoms in total. The third kappa shape index (κ3) is 4.41. The standard InChI is InChI=1S/C11H16N4O4/c1-6-3-7(15(2)14-6)4-10(17)13-8(11(18)19)5-9(12)16/h3,8H,4-5H2,1-2H3,(H2,12,16)(H,13,17)(H,18,19)/t8-/m0/s1. The van der Waals surface area contributed by atoms with Gasteiger partial charge in [-0.2, -0.15) is 5.10 Å². The predicted octanol–water partition coefficient (Wildman–Crippen LogP) is -1.28. The molecule has 0 saturated carbocycles. The SMILES string of the molecule is Cc1cc(CC(=O)N[C@@H](CC(N)=O)C(=O)O)n(C)n1. The van der Waals surface area contributed by atoms with Gasteiger partial charge in [-0.3, -0.25) is 14.3 Å². The van der Waals surface area contributed by atoms with E-state index in [0.717, 1.165) is 5.69 Å². The van der Waals surface area contributed by atoms with Gasteiger partial charge in [0.25, 0.3) is 0 Å². The number of carboxylic acid groups (broad SMARTS) is 1. The fraction of sp³-hybridized carbons (Fsp3) is 0.455. The Morgan fingerprint density at radius 2 is 2.16 bits per heavy atom. The van der Waals surface area contributed by atoms with Crippen LogP contribution in [0, 0.1) is 6.92 Å². The van der Waals surface area contributed by atoms with Crippen molar-refractivity contribution in [1.82, 2.24) is 15.1 Å². The Labute approximate surface area is 109 Å². The smallest absolute Gasteiger partial charge is 0.326 e. The normalized spacial score (nSPS) is 11.9. The topological polar surface area (TPSA) is 127 Å². The van der Waals surface area contributed by atoms with Crippen molar-refractivity contribution >= 4 is 17.8 Å². The molecule has 8 heteroatoms. The van der Waals surface area contributed by atoms with E-state index < -0.39 is 30.2 Å². The highest BCUT2D eigenvalue weighted by atomic mass is 16.4. The van der Waals surface area contributed by atoms with Crippen molar-refractivity contribution in [1.29, 1.82) is 0 Å². The van der Waals surface area contributed by atoms with Gasteiger partial charge < -0.3 is 16.2 Å². The molecule has 1 aromatic rings. The predicted molar refractivity (Wildman–Crippen MR) is 65.0 cm³/mol. The average Bonchev–Trinajstić information content (AvgIpc) is 2.55. The Morgan fingerprint density at radius 3 is 2.58 bits per heavy atom. The van der Waals surface area contributed by atoms with E-state index >= 15 is 0 Å². The van der Waals surface area contributed by atoms with E-state index in [1.54, 1.807) is 24.7 Å². The number of carboxylic acids is 1. The van der Waals surface area contributed by atoms with Crippen molar-refractivity contribution in [2.75, 3.05) is 0 Å². The highest BCUT2D eigenvalue weighted by Gasteiger charge is 2.22. The zero-order chi connectivity index (χ0) is 14.6. The molecule has 1 heterocycles. The van der Waals surface area contributed by atoms with Crippen LogP contribution < -0.4 is 11.1 Å². The number of carbonyl (C=O) groups is 3. The number of nitrogens with zero attached hydrogens (tertiary/aromatic N) is 2. The molecule has 0 aliphatic heterocycles. The minimum absolute atomic E-state index is 0.0140. The lowest BCUT2D eigenvalue weighted by atomic mass is 10.2. The number of nitrogens with one attached hydrogen (secondary N) is 1. The van der Waals surface area contributed by atoms with Gasteiger partial charge in [0, 0.05) is 12.7 Å². The molecule has 4 N–H and O–H groups in total. The van der Waals surface area contributed by atoms with Crippen molar-refractivity contribution in [3.05, 3.63) is 17.5 Å². The number of amides is 2. The Balaban J connectivity index is 2.65. The Morgan fingerprint density at radius 1 is 1.53 bits per heavy atom. The summed E-state index contributed by atoms with van der Waals surface area (Å²) in [4.78, 5) is 33.3. The molecule has 1 aromatic heterocycles. The summed E-state index contributed by atoms with van der Waals surface area (Å²) >= 11 is 0. The van der Waals surface area contributed by atoms with Gasteiger partial charge in [-0.25, -0.2) is 4.79 Å². The Kier molecular flexibility index (Phi) is 4.62. The van der Waals surface area contributed by atoms with E-state index in [2.05, 4.69) is 10.4 Å². The number of nitrogens with two attached hydrogens (primary N) is 1. The van der Waals surface area contributed by atoms with Crippen LogP contribution in [0.2, 0.25) is 0 Å². The molecule has 104 valence electrons. The number of hydrogen-bond donors (Lipinski definition) is 3. The molecular weight excluding hydrogens is 252 g/mol. The second kappa shape index (κ2) is 5.98. The lowest BCUT2D eigenvalue weighted by Gasteiger charge is -2.12. The summed E-state index contributed by atoms with van der Waals surface area (Å²) in [6.45, 7) is 1.79. The highest BCUT2D eigenvalue weighted by Crippen LogP contribution is 2.03. The van der Waals surface area contributed by atoms with E-state index in [0.29, 0.717) is 5.69 Å². The minimum atomic E-state index is -1.31. The van der Waals surface area contributed by atoms with Crippen LogP contribution in [0.25, 0.3) is 0 Å². The lowest BCUT2D eigenvalue weighted by Crippen LogP contribution is -2.44. The molecule has 0 aliphatic carbocycles. The number of aryl methyl sites for hydroxylation is 2. The summed E-state index contributed by atoms with van der Waals surface area (Å²) in [6.07, 6.45) is -0.453. The van der Waals surface area contributed by atoms with Gasteiger partial charge in [0.2, 0.25) is 11.8 Å². The summed E-state index contributed by atoms with van der Waals surface area (Å²) in [5, 5.41) is 15.2. The van der Waals surface area contributed by atoms with Crippen LogP contribution in [-0.2, 0) is 27.9 Å². The second-order valence-electron chi connectivity index (χ2n) is 4.21. The average molecular weight is 268 g/mol. The summed E-state index contributed by atoms with van der Waals surface area (Å²) in [5.41, 5.74) is 6.33. The number of hydrogen-bond acceptors (Lipinski definition) is 4. The van der Waals surface area contributed by atoms with Gasteiger partial charge in [-0.15, -0.1) is 0 Å². The van der Waals surface area contributed by atoms with Crippen LogP contribution in [0.4, 0.5) is 0 Å². The number of aliphatic carboxylic acids is 1. The molecule has 0 bridgehead atoms. The zero-order valence-electron chi connectivity index (χ0n) is 10.7. The lowest BCUT2D eigenvalue weighted by molar-refractivity contribution is -0.143. The molecule has 0 radical (unpaired) electrons. The maximum Gasteiger partial charge on any atom is 0.326 e. The number of rotatable bonds is 6. The number of carbonyl (C=O) groups excluding carboxylic acids is 2. The van der Waals surface area contributed by atoms with E-state index in [4.69, 9.17) is 10.8 Å². The maximum atomic E-state index is 11.7. The fourth-order valence-electron chi connectivity index (χ4n) is 1.64. The van der Waals surface area contributed by atoms with Crippen LogP contribution in [-0.4, -0.2) is 38.7 Å². The third-order valence-corrected chi connectivity index (χ3v) is 2.48. The Hall–Kier alpha value is -2.38. The van der Waals surface area contributed by atoms with Gasteiger partial charge in [-0.1, -0.05) is 0 Å². The van der Waals surface area contributed by atoms with Gasteiger partial charge in [0.1, 0.15) is 6.04 Å². The van der Waals surface area contributed by atoms with Gasteiger partial charge in [-0.05, 0) is 13.0 Å². The highest BCUT2D eigenvalue weighted by molar-refractivity contribution is 5.88. The second-order valence-corrected chi connectivity index (χ2v) is 4.21. The molecular formula is C11H16N4O4. The minimum Gasteiger partial charge on any atom is -0.480 e. The quantitative estimate of drug-likeness (QED) is 0.592. The van der Waals surface area contributed by atoms with E-state index in [9.17, 15) is 14.4 Å². The Bertz CT molecular complexity index is 509. The molecule has 0 fully saturated rings. The van der Waals surface area contributed by atoms with Gasteiger partial charge >= 0.3 is 5.97 Å². The van der Waals surface area contributed by atoms with Crippen molar-refractivity contribution in [2.45, 2.75) is 25.8 Å². The molecule has 19 heavy (non-hydrogen) atoms. The molecule has 2 amide bonds. The van der Waals surface area contributed by atoms with Crippen molar-refractivity contribution in [3.8, 4) is 0 Å². The summed E-state index contributed by atoms with van der Waals surface area (Å²) in [6, 6.07) is 0.419. The third-order valence-electron chi connectivity index (χ3n) is 2.48. The first kappa shape index (κ1) is 14.7. The van der Waals surface area contributed by atoms with Crippen molar-refractivity contribution < 1.29 is 19.5 Å². The molecule has 1 atom stereocenters. The first-order valence-corrected chi connectivity index (χ1v) is 5.59. The zero-order valence-corrected chi connectivity index (χ0v) is 10.7. The summed E-state index contributed by atoms with van der Waals surface area (Å²) < 4.78 is 1.54.